The Morgan fingerprint density at radius 3 is 2.50 bits per heavy atom. The third-order valence-electron chi connectivity index (χ3n) is 2.75. The maximum atomic E-state index is 5.65. The summed E-state index contributed by atoms with van der Waals surface area (Å²) in [5.74, 6) is 0. The van der Waals surface area contributed by atoms with Crippen molar-refractivity contribution in [2.45, 2.75) is 43.8 Å². The van der Waals surface area contributed by atoms with Crippen molar-refractivity contribution < 1.29 is 4.74 Å². The maximum absolute atomic E-state index is 5.65. The predicted molar refractivity (Wildman–Crippen MR) is 44.5 cm³/mol. The Morgan fingerprint density at radius 1 is 1.30 bits per heavy atom. The summed E-state index contributed by atoms with van der Waals surface area (Å²) < 4.78 is 5.65. The van der Waals surface area contributed by atoms with Crippen LogP contribution in [0.15, 0.2) is 0 Å². The van der Waals surface area contributed by atoms with Gasteiger partial charge >= 0.3 is 0 Å². The van der Waals surface area contributed by atoms with Crippen LogP contribution in [0.1, 0.15) is 32.1 Å². The first-order valence-corrected chi connectivity index (χ1v) is 5.23. The number of rotatable bonds is 1. The van der Waals surface area contributed by atoms with Gasteiger partial charge in [0.25, 0.3) is 0 Å². The van der Waals surface area contributed by atoms with Crippen LogP contribution in [0, 0.1) is 0 Å². The zero-order valence-corrected chi connectivity index (χ0v) is 7.69. The summed E-state index contributed by atoms with van der Waals surface area (Å²) in [5, 5.41) is 1.03. The molecule has 0 aromatic heterocycles. The van der Waals surface area contributed by atoms with Crippen molar-refractivity contribution in [3.63, 3.8) is 0 Å². The summed E-state index contributed by atoms with van der Waals surface area (Å²) in [6.45, 7) is 0. The van der Waals surface area contributed by atoms with E-state index >= 15 is 0 Å². The summed E-state index contributed by atoms with van der Waals surface area (Å²) in [5.41, 5.74) is 0.349. The standard InChI is InChI=1S/C8H13BrO/c9-6-7-8(10-7)4-2-1-3-5-8/h7H,1-6H2. The molecule has 0 amide bonds. The van der Waals surface area contributed by atoms with Crippen molar-refractivity contribution in [2.24, 2.45) is 0 Å². The van der Waals surface area contributed by atoms with Gasteiger partial charge in [0.2, 0.25) is 0 Å². The highest BCUT2D eigenvalue weighted by Gasteiger charge is 2.55. The highest BCUT2D eigenvalue weighted by Crippen LogP contribution is 2.48. The molecule has 0 aromatic carbocycles. The third-order valence-corrected chi connectivity index (χ3v) is 3.33. The molecule has 1 unspecified atom stereocenters. The molecule has 1 aliphatic heterocycles. The van der Waals surface area contributed by atoms with Crippen molar-refractivity contribution >= 4 is 15.9 Å². The van der Waals surface area contributed by atoms with E-state index in [1.54, 1.807) is 0 Å². The highest BCUT2D eigenvalue weighted by atomic mass is 79.9. The number of epoxide rings is 1. The van der Waals surface area contributed by atoms with Crippen molar-refractivity contribution in [1.29, 1.82) is 0 Å². The minimum atomic E-state index is 0.349. The van der Waals surface area contributed by atoms with Crippen molar-refractivity contribution in [1.82, 2.24) is 0 Å². The fourth-order valence-electron chi connectivity index (χ4n) is 2.01. The molecular weight excluding hydrogens is 192 g/mol. The van der Waals surface area contributed by atoms with Crippen LogP contribution in [0.2, 0.25) is 0 Å². The first kappa shape index (κ1) is 7.11. The molecule has 1 nitrogen and oxygen atoms in total. The van der Waals surface area contributed by atoms with E-state index in [1.165, 1.54) is 32.1 Å². The van der Waals surface area contributed by atoms with Gasteiger partial charge in [-0.3, -0.25) is 0 Å². The molecule has 1 aliphatic carbocycles. The second kappa shape index (κ2) is 2.49. The topological polar surface area (TPSA) is 12.5 Å². The van der Waals surface area contributed by atoms with Crippen LogP contribution < -0.4 is 0 Å². The average Bonchev–Trinajstić information content (AvgIpc) is 2.65. The van der Waals surface area contributed by atoms with Gasteiger partial charge in [0.1, 0.15) is 0 Å². The number of halogens is 1. The Bertz CT molecular complexity index is 129. The molecule has 0 aromatic rings. The molecule has 0 radical (unpaired) electrons. The van der Waals surface area contributed by atoms with E-state index in [0.717, 1.165) is 5.33 Å². The van der Waals surface area contributed by atoms with Gasteiger partial charge in [-0.25, -0.2) is 0 Å². The fraction of sp³-hybridized carbons (Fsp3) is 1.00. The van der Waals surface area contributed by atoms with Gasteiger partial charge in [-0.15, -0.1) is 0 Å². The van der Waals surface area contributed by atoms with E-state index in [-0.39, 0.29) is 0 Å². The predicted octanol–water partition coefficient (Wildman–Crippen LogP) is 2.48. The lowest BCUT2D eigenvalue weighted by molar-refractivity contribution is 0.234. The van der Waals surface area contributed by atoms with Crippen LogP contribution in [-0.2, 0) is 4.74 Å². The molecule has 58 valence electrons. The van der Waals surface area contributed by atoms with Crippen LogP contribution in [0.5, 0.6) is 0 Å². The molecule has 2 heteroatoms. The van der Waals surface area contributed by atoms with Crippen LogP contribution in [0.3, 0.4) is 0 Å². The summed E-state index contributed by atoms with van der Waals surface area (Å²) in [7, 11) is 0. The molecule has 1 saturated carbocycles. The molecule has 1 saturated heterocycles. The SMILES string of the molecule is BrCC1OC12CCCCC2. The van der Waals surface area contributed by atoms with Gasteiger partial charge in [0.05, 0.1) is 11.7 Å². The molecule has 0 N–H and O–H groups in total. The molecule has 1 heterocycles. The van der Waals surface area contributed by atoms with Crippen molar-refractivity contribution in [2.75, 3.05) is 5.33 Å². The first-order valence-electron chi connectivity index (χ1n) is 4.11. The van der Waals surface area contributed by atoms with Crippen molar-refractivity contribution in [3.05, 3.63) is 0 Å². The second-order valence-corrected chi connectivity index (χ2v) is 4.03. The number of hydrogen-bond donors (Lipinski definition) is 0. The van der Waals surface area contributed by atoms with Gasteiger partial charge in [0.15, 0.2) is 0 Å². The van der Waals surface area contributed by atoms with Crippen molar-refractivity contribution in [3.8, 4) is 0 Å². The largest absolute Gasteiger partial charge is 0.365 e. The van der Waals surface area contributed by atoms with Crippen LogP contribution in [-0.4, -0.2) is 17.0 Å². The summed E-state index contributed by atoms with van der Waals surface area (Å²) in [4.78, 5) is 0. The molecule has 1 atom stereocenters. The molecule has 1 spiro atoms. The van der Waals surface area contributed by atoms with Gasteiger partial charge in [-0.05, 0) is 12.8 Å². The quantitative estimate of drug-likeness (QED) is 0.473. The van der Waals surface area contributed by atoms with Gasteiger partial charge < -0.3 is 4.74 Å². The van der Waals surface area contributed by atoms with Crippen LogP contribution in [0.4, 0.5) is 0 Å². The Hall–Kier alpha value is 0.440. The Kier molecular flexibility index (Phi) is 1.77. The Balaban J connectivity index is 1.92. The average molecular weight is 205 g/mol. The van der Waals surface area contributed by atoms with E-state index in [4.69, 9.17) is 4.74 Å². The Morgan fingerprint density at radius 2 is 2.00 bits per heavy atom. The minimum absolute atomic E-state index is 0.349. The molecule has 2 aliphatic rings. The molecule has 2 rings (SSSR count). The molecule has 2 fully saturated rings. The molecular formula is C8H13BrO. The second-order valence-electron chi connectivity index (χ2n) is 3.39. The summed E-state index contributed by atoms with van der Waals surface area (Å²) in [6.07, 6.45) is 7.34. The van der Waals surface area contributed by atoms with E-state index in [1.807, 2.05) is 0 Å². The minimum Gasteiger partial charge on any atom is -0.365 e. The van der Waals surface area contributed by atoms with Gasteiger partial charge in [-0.2, -0.15) is 0 Å². The third kappa shape index (κ3) is 1.02. The normalized spacial score (nSPS) is 36.3. The summed E-state index contributed by atoms with van der Waals surface area (Å²) in [6, 6.07) is 0. The molecule has 10 heavy (non-hydrogen) atoms. The zero-order chi connectivity index (χ0) is 7.03. The number of alkyl halides is 1. The van der Waals surface area contributed by atoms with Gasteiger partial charge in [0, 0.05) is 5.33 Å². The van der Waals surface area contributed by atoms with E-state index in [2.05, 4.69) is 15.9 Å². The smallest absolute Gasteiger partial charge is 0.0970 e. The summed E-state index contributed by atoms with van der Waals surface area (Å²) >= 11 is 3.46. The lowest BCUT2D eigenvalue weighted by Gasteiger charge is -2.17. The fourth-order valence-corrected chi connectivity index (χ4v) is 2.73. The maximum Gasteiger partial charge on any atom is 0.0970 e. The monoisotopic (exact) mass is 204 g/mol. The highest BCUT2D eigenvalue weighted by molar-refractivity contribution is 9.09. The lowest BCUT2D eigenvalue weighted by Crippen LogP contribution is -2.19. The molecule has 0 bridgehead atoms. The number of ether oxygens (including phenoxy) is 1. The van der Waals surface area contributed by atoms with E-state index in [0.29, 0.717) is 11.7 Å². The number of hydrogen-bond acceptors (Lipinski definition) is 1. The zero-order valence-electron chi connectivity index (χ0n) is 6.11. The van der Waals surface area contributed by atoms with Crippen LogP contribution in [0.25, 0.3) is 0 Å². The Labute approximate surface area is 70.3 Å². The first-order chi connectivity index (χ1) is 4.87. The van der Waals surface area contributed by atoms with E-state index < -0.39 is 0 Å². The van der Waals surface area contributed by atoms with Gasteiger partial charge in [-0.1, -0.05) is 35.2 Å². The van der Waals surface area contributed by atoms with Crippen LogP contribution >= 0.6 is 15.9 Å². The lowest BCUT2D eigenvalue weighted by atomic mass is 9.87. The van der Waals surface area contributed by atoms with E-state index in [9.17, 15) is 0 Å².